The molecule has 0 radical (unpaired) electrons. The Labute approximate surface area is 174 Å². The van der Waals surface area contributed by atoms with Crippen LogP contribution in [0.2, 0.25) is 0 Å². The topological polar surface area (TPSA) is 42.9 Å². The maximum Gasteiger partial charge on any atom is 0.191 e. The van der Waals surface area contributed by atoms with Crippen molar-refractivity contribution >= 4 is 41.3 Å². The summed E-state index contributed by atoms with van der Waals surface area (Å²) >= 11 is 1.81. The SMILES string of the molecule is CCNC(=NCC(C)c1cccs1)NCCN1CCN(CC)CC1.I. The summed E-state index contributed by atoms with van der Waals surface area (Å²) in [6.45, 7) is 16.3. The fraction of sp³-hybridized carbons (Fsp3) is 0.722. The molecule has 1 aliphatic heterocycles. The van der Waals surface area contributed by atoms with Gasteiger partial charge in [-0.3, -0.25) is 9.89 Å². The molecule has 25 heavy (non-hydrogen) atoms. The number of halogens is 1. The zero-order valence-corrected chi connectivity index (χ0v) is 19.0. The van der Waals surface area contributed by atoms with Crippen LogP contribution in [0.5, 0.6) is 0 Å². The number of nitrogens with one attached hydrogen (secondary N) is 2. The first-order valence-corrected chi connectivity index (χ1v) is 10.1. The highest BCUT2D eigenvalue weighted by Gasteiger charge is 2.14. The number of hydrogen-bond donors (Lipinski definition) is 2. The normalized spacial score (nSPS) is 17.8. The molecule has 144 valence electrons. The number of aliphatic imine (C=N–C) groups is 1. The van der Waals surface area contributed by atoms with Crippen LogP contribution in [0.25, 0.3) is 0 Å². The van der Waals surface area contributed by atoms with E-state index in [1.165, 1.54) is 37.6 Å². The molecule has 2 heterocycles. The second-order valence-electron chi connectivity index (χ2n) is 6.34. The fourth-order valence-corrected chi connectivity index (χ4v) is 3.67. The maximum absolute atomic E-state index is 4.75. The van der Waals surface area contributed by atoms with Gasteiger partial charge in [0.2, 0.25) is 0 Å². The number of nitrogens with zero attached hydrogens (tertiary/aromatic N) is 3. The van der Waals surface area contributed by atoms with Gasteiger partial charge in [-0.05, 0) is 24.9 Å². The van der Waals surface area contributed by atoms with Crippen LogP contribution in [-0.2, 0) is 0 Å². The summed E-state index contributed by atoms with van der Waals surface area (Å²) in [4.78, 5) is 11.2. The van der Waals surface area contributed by atoms with Crippen LogP contribution in [0.4, 0.5) is 0 Å². The van der Waals surface area contributed by atoms with Crippen molar-refractivity contribution in [2.75, 3.05) is 58.9 Å². The zero-order chi connectivity index (χ0) is 17.2. The van der Waals surface area contributed by atoms with Gasteiger partial charge in [-0.25, -0.2) is 0 Å². The van der Waals surface area contributed by atoms with Crippen LogP contribution in [0.15, 0.2) is 22.5 Å². The second kappa shape index (κ2) is 12.9. The molecular weight excluding hydrogens is 445 g/mol. The van der Waals surface area contributed by atoms with E-state index >= 15 is 0 Å². The lowest BCUT2D eigenvalue weighted by Crippen LogP contribution is -2.49. The Kier molecular flexibility index (Phi) is 11.7. The van der Waals surface area contributed by atoms with Crippen molar-refractivity contribution in [3.05, 3.63) is 22.4 Å². The fourth-order valence-electron chi connectivity index (χ4n) is 2.89. The molecule has 1 fully saturated rings. The second-order valence-corrected chi connectivity index (χ2v) is 7.32. The molecule has 0 aliphatic carbocycles. The van der Waals surface area contributed by atoms with Crippen molar-refractivity contribution in [2.45, 2.75) is 26.7 Å². The van der Waals surface area contributed by atoms with Gasteiger partial charge in [0.15, 0.2) is 5.96 Å². The largest absolute Gasteiger partial charge is 0.357 e. The van der Waals surface area contributed by atoms with Crippen molar-refractivity contribution < 1.29 is 0 Å². The molecule has 0 amide bonds. The van der Waals surface area contributed by atoms with Gasteiger partial charge in [0.05, 0.1) is 6.54 Å². The van der Waals surface area contributed by atoms with Gasteiger partial charge in [-0.1, -0.05) is 19.9 Å². The number of hydrogen-bond acceptors (Lipinski definition) is 4. The monoisotopic (exact) mass is 479 g/mol. The molecule has 0 spiro atoms. The summed E-state index contributed by atoms with van der Waals surface area (Å²) in [5, 5.41) is 8.97. The molecule has 1 aromatic heterocycles. The van der Waals surface area contributed by atoms with Crippen molar-refractivity contribution in [3.8, 4) is 0 Å². The Bertz CT molecular complexity index is 472. The minimum Gasteiger partial charge on any atom is -0.357 e. The molecule has 1 atom stereocenters. The summed E-state index contributed by atoms with van der Waals surface area (Å²) in [5.41, 5.74) is 0. The minimum atomic E-state index is 0. The number of piperazine rings is 1. The molecular formula is C18H34IN5S. The Hall–Kier alpha value is -0.380. The van der Waals surface area contributed by atoms with E-state index in [9.17, 15) is 0 Å². The van der Waals surface area contributed by atoms with E-state index in [4.69, 9.17) is 4.99 Å². The van der Waals surface area contributed by atoms with Crippen LogP contribution < -0.4 is 10.6 Å². The van der Waals surface area contributed by atoms with Crippen molar-refractivity contribution in [1.82, 2.24) is 20.4 Å². The average molecular weight is 479 g/mol. The van der Waals surface area contributed by atoms with Gasteiger partial charge in [0.1, 0.15) is 0 Å². The highest BCUT2D eigenvalue weighted by Crippen LogP contribution is 2.20. The Morgan fingerprint density at radius 2 is 1.92 bits per heavy atom. The lowest BCUT2D eigenvalue weighted by atomic mass is 10.1. The predicted molar refractivity (Wildman–Crippen MR) is 121 cm³/mol. The number of thiophene rings is 1. The summed E-state index contributed by atoms with van der Waals surface area (Å²) < 4.78 is 0. The third-order valence-electron chi connectivity index (χ3n) is 4.53. The maximum atomic E-state index is 4.75. The van der Waals surface area contributed by atoms with Crippen LogP contribution >= 0.6 is 35.3 Å². The molecule has 0 bridgehead atoms. The zero-order valence-electron chi connectivity index (χ0n) is 15.8. The predicted octanol–water partition coefficient (Wildman–Crippen LogP) is 2.66. The van der Waals surface area contributed by atoms with Crippen LogP contribution in [0, 0.1) is 0 Å². The molecule has 1 unspecified atom stereocenters. The van der Waals surface area contributed by atoms with Gasteiger partial charge in [0, 0.05) is 56.6 Å². The highest BCUT2D eigenvalue weighted by molar-refractivity contribution is 14.0. The first-order valence-electron chi connectivity index (χ1n) is 9.23. The van der Waals surface area contributed by atoms with Gasteiger partial charge in [0.25, 0.3) is 0 Å². The van der Waals surface area contributed by atoms with Crippen molar-refractivity contribution in [1.29, 1.82) is 0 Å². The summed E-state index contributed by atoms with van der Waals surface area (Å²) in [6, 6.07) is 4.31. The number of rotatable bonds is 8. The molecule has 0 aromatic carbocycles. The average Bonchev–Trinajstić information content (AvgIpc) is 3.14. The first-order chi connectivity index (χ1) is 11.7. The summed E-state index contributed by atoms with van der Waals surface area (Å²) in [7, 11) is 0. The third-order valence-corrected chi connectivity index (χ3v) is 5.63. The van der Waals surface area contributed by atoms with Crippen LogP contribution in [-0.4, -0.2) is 74.7 Å². The summed E-state index contributed by atoms with van der Waals surface area (Å²) in [6.07, 6.45) is 0. The molecule has 1 aliphatic rings. The Balaban J connectivity index is 0.00000312. The minimum absolute atomic E-state index is 0. The smallest absolute Gasteiger partial charge is 0.191 e. The Morgan fingerprint density at radius 1 is 1.20 bits per heavy atom. The summed E-state index contributed by atoms with van der Waals surface area (Å²) in [5.74, 6) is 1.41. The van der Waals surface area contributed by atoms with Gasteiger partial charge < -0.3 is 15.5 Å². The molecule has 0 saturated carbocycles. The number of likely N-dealkylation sites (N-methyl/N-ethyl adjacent to an activating group) is 1. The molecule has 5 nitrogen and oxygen atoms in total. The highest BCUT2D eigenvalue weighted by atomic mass is 127. The molecule has 2 N–H and O–H groups in total. The molecule has 2 rings (SSSR count). The number of guanidine groups is 1. The Morgan fingerprint density at radius 3 is 2.52 bits per heavy atom. The van der Waals surface area contributed by atoms with E-state index in [0.717, 1.165) is 32.1 Å². The van der Waals surface area contributed by atoms with Crippen LogP contribution in [0.1, 0.15) is 31.6 Å². The van der Waals surface area contributed by atoms with Gasteiger partial charge in [-0.2, -0.15) is 0 Å². The third kappa shape index (κ3) is 8.23. The van der Waals surface area contributed by atoms with Gasteiger partial charge >= 0.3 is 0 Å². The van der Waals surface area contributed by atoms with E-state index in [0.29, 0.717) is 5.92 Å². The van der Waals surface area contributed by atoms with Crippen molar-refractivity contribution in [3.63, 3.8) is 0 Å². The lowest BCUT2D eigenvalue weighted by molar-refractivity contribution is 0.139. The quantitative estimate of drug-likeness (QED) is 0.342. The molecule has 1 saturated heterocycles. The standard InChI is InChI=1S/C18H33N5S.HI/c1-4-19-18(21-15-16(3)17-7-6-14-24-17)20-8-9-23-12-10-22(5-2)11-13-23;/h6-7,14,16H,4-5,8-13,15H2,1-3H3,(H2,19,20,21);1H. The van der Waals surface area contributed by atoms with E-state index in [1.807, 2.05) is 11.3 Å². The van der Waals surface area contributed by atoms with Gasteiger partial charge in [-0.15, -0.1) is 35.3 Å². The van der Waals surface area contributed by atoms with E-state index in [-0.39, 0.29) is 24.0 Å². The van der Waals surface area contributed by atoms with E-state index in [2.05, 4.69) is 58.7 Å². The van der Waals surface area contributed by atoms with Crippen molar-refractivity contribution in [2.24, 2.45) is 4.99 Å². The van der Waals surface area contributed by atoms with E-state index in [1.54, 1.807) is 0 Å². The first kappa shape index (κ1) is 22.7. The molecule has 7 heteroatoms. The lowest BCUT2D eigenvalue weighted by Gasteiger charge is -2.34. The molecule has 1 aromatic rings. The van der Waals surface area contributed by atoms with E-state index < -0.39 is 0 Å². The van der Waals surface area contributed by atoms with Crippen LogP contribution in [0.3, 0.4) is 0 Å².